The number of fused-ring (bicyclic) bond motifs is 9. The Morgan fingerprint density at radius 2 is 0.825 bits per heavy atom. The lowest BCUT2D eigenvalue weighted by Crippen LogP contribution is -2.08. The Kier molecular flexibility index (Phi) is 6.76. The number of rotatable bonds is 5. The predicted octanol–water partition coefficient (Wildman–Crippen LogP) is 11.3. The van der Waals surface area contributed by atoms with Gasteiger partial charge in [0.2, 0.25) is 5.95 Å². The summed E-state index contributed by atoms with van der Waals surface area (Å²) in [6.07, 6.45) is 7.63. The fourth-order valence-electron chi connectivity index (χ4n) is 8.64. The second-order valence-electron chi connectivity index (χ2n) is 14.2. The van der Waals surface area contributed by atoms with Gasteiger partial charge in [0.15, 0.2) is 11.6 Å². The summed E-state index contributed by atoms with van der Waals surface area (Å²) in [5.74, 6) is 1.70. The molecule has 0 atom stereocenters. The third-order valence-electron chi connectivity index (χ3n) is 11.1. The molecule has 0 saturated heterocycles. The highest BCUT2D eigenvalue weighted by Crippen LogP contribution is 2.39. The normalized spacial score (nSPS) is 11.9. The third kappa shape index (κ3) is 4.71. The molecular formula is C49H30N8. The van der Waals surface area contributed by atoms with Crippen LogP contribution in [0.3, 0.4) is 0 Å². The van der Waals surface area contributed by atoms with Crippen molar-refractivity contribution in [3.05, 3.63) is 183 Å². The first-order valence-electron chi connectivity index (χ1n) is 18.9. The highest BCUT2D eigenvalue weighted by molar-refractivity contribution is 6.11. The van der Waals surface area contributed by atoms with Crippen LogP contribution in [0, 0.1) is 0 Å². The van der Waals surface area contributed by atoms with Crippen LogP contribution < -0.4 is 0 Å². The Hall–Kier alpha value is -7.97. The molecule has 57 heavy (non-hydrogen) atoms. The fraction of sp³-hybridized carbons (Fsp3) is 0. The first kappa shape index (κ1) is 31.4. The van der Waals surface area contributed by atoms with E-state index in [0.29, 0.717) is 17.6 Å². The summed E-state index contributed by atoms with van der Waals surface area (Å²) >= 11 is 0. The van der Waals surface area contributed by atoms with Crippen LogP contribution in [-0.2, 0) is 0 Å². The Labute approximate surface area is 325 Å². The van der Waals surface area contributed by atoms with E-state index in [1.54, 1.807) is 0 Å². The number of nitrogens with zero attached hydrogens (tertiary/aromatic N) is 8. The van der Waals surface area contributed by atoms with Crippen molar-refractivity contribution in [3.63, 3.8) is 0 Å². The van der Waals surface area contributed by atoms with Crippen LogP contribution in [0.1, 0.15) is 0 Å². The maximum atomic E-state index is 5.39. The van der Waals surface area contributed by atoms with E-state index in [1.807, 2.05) is 43.0 Å². The van der Waals surface area contributed by atoms with Gasteiger partial charge in [0.1, 0.15) is 0 Å². The molecule has 0 fully saturated rings. The molecule has 0 N–H and O–H groups in total. The first-order valence-corrected chi connectivity index (χ1v) is 18.9. The first-order chi connectivity index (χ1) is 28.3. The quantitative estimate of drug-likeness (QED) is 0.176. The van der Waals surface area contributed by atoms with Crippen molar-refractivity contribution in [2.75, 3.05) is 0 Å². The molecule has 8 heteroatoms. The monoisotopic (exact) mass is 730 g/mol. The number of para-hydroxylation sites is 4. The number of benzene rings is 6. The standard InChI is InChI=1S/C49H30N8/c1-2-12-31(13-3-1)47-52-48(54-49(53-47)57-42-20-10-4-14-33(42)34-15-5-11-21-43(34)57)37-23-22-32(55-40-18-8-6-16-35(40)38-29-50-26-24-44(38)55)28-46(37)56-41-19-9-7-17-36(41)39-30-51-27-25-45(39)56/h1-30H. The number of hydrogen-bond acceptors (Lipinski definition) is 5. The van der Waals surface area contributed by atoms with Gasteiger partial charge in [-0.15, -0.1) is 0 Å². The second kappa shape index (κ2) is 12.3. The summed E-state index contributed by atoms with van der Waals surface area (Å²) < 4.78 is 6.81. The van der Waals surface area contributed by atoms with Gasteiger partial charge >= 0.3 is 0 Å². The minimum Gasteiger partial charge on any atom is -0.309 e. The van der Waals surface area contributed by atoms with Gasteiger partial charge in [-0.3, -0.25) is 14.5 Å². The number of hydrogen-bond donors (Lipinski definition) is 0. The lowest BCUT2D eigenvalue weighted by molar-refractivity contribution is 0.951. The molecule has 0 bridgehead atoms. The third-order valence-corrected chi connectivity index (χ3v) is 11.1. The van der Waals surface area contributed by atoms with Gasteiger partial charge < -0.3 is 9.13 Å². The molecule has 6 heterocycles. The van der Waals surface area contributed by atoms with E-state index >= 15 is 0 Å². The molecule has 12 aromatic rings. The fourth-order valence-corrected chi connectivity index (χ4v) is 8.64. The highest BCUT2D eigenvalue weighted by atomic mass is 15.2. The van der Waals surface area contributed by atoms with E-state index in [0.717, 1.165) is 87.9 Å². The molecule has 6 aromatic carbocycles. The van der Waals surface area contributed by atoms with Crippen LogP contribution in [0.15, 0.2) is 183 Å². The maximum absolute atomic E-state index is 5.39. The Balaban J connectivity index is 1.20. The van der Waals surface area contributed by atoms with Crippen LogP contribution in [0.2, 0.25) is 0 Å². The van der Waals surface area contributed by atoms with Crippen LogP contribution >= 0.6 is 0 Å². The van der Waals surface area contributed by atoms with Crippen molar-refractivity contribution in [2.24, 2.45) is 0 Å². The maximum Gasteiger partial charge on any atom is 0.238 e. The van der Waals surface area contributed by atoms with Crippen molar-refractivity contribution in [1.82, 2.24) is 38.6 Å². The molecule has 0 aliphatic heterocycles. The van der Waals surface area contributed by atoms with Crippen molar-refractivity contribution in [2.45, 2.75) is 0 Å². The lowest BCUT2D eigenvalue weighted by Gasteiger charge is -2.17. The van der Waals surface area contributed by atoms with Gasteiger partial charge in [0, 0.05) is 73.9 Å². The summed E-state index contributed by atoms with van der Waals surface area (Å²) in [5, 5.41) is 6.71. The molecule has 0 aliphatic rings. The topological polar surface area (TPSA) is 79.2 Å². The summed E-state index contributed by atoms with van der Waals surface area (Å²) in [6.45, 7) is 0. The van der Waals surface area contributed by atoms with Crippen molar-refractivity contribution >= 4 is 65.4 Å². The molecule has 6 aromatic heterocycles. The molecule has 0 amide bonds. The Bertz CT molecular complexity index is 3380. The summed E-state index contributed by atoms with van der Waals surface area (Å²) in [5.41, 5.74) is 10.0. The van der Waals surface area contributed by atoms with Crippen molar-refractivity contribution in [3.8, 4) is 40.1 Å². The second-order valence-corrected chi connectivity index (χ2v) is 14.2. The molecular weight excluding hydrogens is 701 g/mol. The number of pyridine rings is 2. The minimum atomic E-state index is 0.549. The summed E-state index contributed by atoms with van der Waals surface area (Å²) in [4.78, 5) is 24.9. The zero-order chi connectivity index (χ0) is 37.5. The molecule has 0 saturated carbocycles. The molecule has 266 valence electrons. The molecule has 0 radical (unpaired) electrons. The van der Waals surface area contributed by atoms with Crippen molar-refractivity contribution < 1.29 is 0 Å². The van der Waals surface area contributed by atoms with Gasteiger partial charge in [-0.2, -0.15) is 9.97 Å². The average Bonchev–Trinajstić information content (AvgIpc) is 3.92. The zero-order valence-electron chi connectivity index (χ0n) is 30.4. The van der Waals surface area contributed by atoms with Crippen molar-refractivity contribution in [1.29, 1.82) is 0 Å². The van der Waals surface area contributed by atoms with Crippen LogP contribution in [0.25, 0.3) is 106 Å². The van der Waals surface area contributed by atoms with Gasteiger partial charge in [-0.1, -0.05) is 103 Å². The molecule has 0 unspecified atom stereocenters. The SMILES string of the molecule is c1ccc(-c2nc(-c3ccc(-n4c5ccccc5c5cnccc54)cc3-n3c4ccccc4c4cnccc43)nc(-n3c4ccccc4c4ccccc43)n2)cc1. The average molecular weight is 731 g/mol. The van der Waals surface area contributed by atoms with E-state index in [1.165, 1.54) is 0 Å². The van der Waals surface area contributed by atoms with E-state index in [9.17, 15) is 0 Å². The van der Waals surface area contributed by atoms with Gasteiger partial charge in [-0.25, -0.2) is 4.98 Å². The molecule has 12 rings (SSSR count). The zero-order valence-corrected chi connectivity index (χ0v) is 30.4. The van der Waals surface area contributed by atoms with Gasteiger partial charge in [0.25, 0.3) is 0 Å². The minimum absolute atomic E-state index is 0.549. The lowest BCUT2D eigenvalue weighted by atomic mass is 10.1. The summed E-state index contributed by atoms with van der Waals surface area (Å²) in [7, 11) is 0. The van der Waals surface area contributed by atoms with E-state index in [4.69, 9.17) is 15.0 Å². The van der Waals surface area contributed by atoms with Crippen LogP contribution in [-0.4, -0.2) is 38.6 Å². The van der Waals surface area contributed by atoms with E-state index in [2.05, 4.69) is 163 Å². The summed E-state index contributed by atoms with van der Waals surface area (Å²) in [6, 6.07) is 54.8. The molecule has 0 aliphatic carbocycles. The van der Waals surface area contributed by atoms with Gasteiger partial charge in [-0.05, 0) is 54.6 Å². The van der Waals surface area contributed by atoms with Crippen LogP contribution in [0.4, 0.5) is 0 Å². The van der Waals surface area contributed by atoms with Crippen LogP contribution in [0.5, 0.6) is 0 Å². The smallest absolute Gasteiger partial charge is 0.238 e. The van der Waals surface area contributed by atoms with E-state index in [-0.39, 0.29) is 0 Å². The number of aromatic nitrogens is 8. The predicted molar refractivity (Wildman–Crippen MR) is 229 cm³/mol. The Morgan fingerprint density at radius 1 is 0.351 bits per heavy atom. The molecule has 8 nitrogen and oxygen atoms in total. The Morgan fingerprint density at radius 3 is 1.44 bits per heavy atom. The highest BCUT2D eigenvalue weighted by Gasteiger charge is 2.23. The van der Waals surface area contributed by atoms with Gasteiger partial charge in [0.05, 0.1) is 38.8 Å². The largest absolute Gasteiger partial charge is 0.309 e. The van der Waals surface area contributed by atoms with E-state index < -0.39 is 0 Å². The molecule has 0 spiro atoms.